The molecule has 1 saturated heterocycles. The molecule has 0 radical (unpaired) electrons. The minimum absolute atomic E-state index is 0.102. The lowest BCUT2D eigenvalue weighted by Gasteiger charge is -2.38. The largest absolute Gasteiger partial charge is 0.469 e. The minimum Gasteiger partial charge on any atom is -0.469 e. The summed E-state index contributed by atoms with van der Waals surface area (Å²) in [6.07, 6.45) is 2.68. The normalized spacial score (nSPS) is 21.4. The highest BCUT2D eigenvalue weighted by Gasteiger charge is 2.30. The maximum absolute atomic E-state index is 11.8. The third-order valence-corrected chi connectivity index (χ3v) is 2.67. The number of carbonyl (C=O) groups is 1. The Bertz CT molecular complexity index is 329. The summed E-state index contributed by atoms with van der Waals surface area (Å²) in [7, 11) is 0. The van der Waals surface area contributed by atoms with Gasteiger partial charge in [-0.1, -0.05) is 0 Å². The van der Waals surface area contributed by atoms with Crippen LogP contribution in [0.15, 0.2) is 16.7 Å². The van der Waals surface area contributed by atoms with E-state index in [-0.39, 0.29) is 5.91 Å². The molecule has 1 aromatic rings. The lowest BCUT2D eigenvalue weighted by Crippen LogP contribution is -2.49. The molecule has 1 unspecified atom stereocenters. The zero-order valence-corrected chi connectivity index (χ0v) is 7.91. The van der Waals surface area contributed by atoms with E-state index in [1.165, 1.54) is 0 Å². The van der Waals surface area contributed by atoms with Gasteiger partial charge in [-0.05, 0) is 26.3 Å². The Kier molecular flexibility index (Phi) is 1.87. The maximum Gasteiger partial charge on any atom is 0.257 e. The monoisotopic (exact) mass is 179 g/mol. The van der Waals surface area contributed by atoms with E-state index >= 15 is 0 Å². The van der Waals surface area contributed by atoms with Crippen molar-refractivity contribution in [3.8, 4) is 0 Å². The number of furan rings is 1. The van der Waals surface area contributed by atoms with Crippen LogP contribution in [0.5, 0.6) is 0 Å². The van der Waals surface area contributed by atoms with Crippen molar-refractivity contribution in [2.24, 2.45) is 0 Å². The molecule has 2 heterocycles. The fraction of sp³-hybridized carbons (Fsp3) is 0.500. The van der Waals surface area contributed by atoms with E-state index in [1.54, 1.807) is 12.3 Å². The summed E-state index contributed by atoms with van der Waals surface area (Å²) in [5, 5.41) is 0. The Hall–Kier alpha value is -1.25. The summed E-state index contributed by atoms with van der Waals surface area (Å²) in [6.45, 7) is 4.76. The van der Waals surface area contributed by atoms with Crippen LogP contribution in [0.1, 0.15) is 29.5 Å². The Labute approximate surface area is 77.3 Å². The molecule has 0 aromatic carbocycles. The molecule has 3 nitrogen and oxygen atoms in total. The van der Waals surface area contributed by atoms with Crippen molar-refractivity contribution >= 4 is 5.91 Å². The number of hydrogen-bond donors (Lipinski definition) is 0. The Morgan fingerprint density at radius 1 is 1.69 bits per heavy atom. The Morgan fingerprint density at radius 2 is 2.46 bits per heavy atom. The molecule has 3 heteroatoms. The van der Waals surface area contributed by atoms with Crippen molar-refractivity contribution in [3.63, 3.8) is 0 Å². The number of carbonyl (C=O) groups excluding carboxylic acids is 1. The fourth-order valence-corrected chi connectivity index (χ4v) is 1.58. The SMILES string of the molecule is Cc1occc1C(=O)N1CCC1C. The van der Waals surface area contributed by atoms with Crippen LogP contribution in [0.25, 0.3) is 0 Å². The molecule has 0 bridgehead atoms. The average Bonchev–Trinajstić information content (AvgIpc) is 2.48. The molecule has 0 spiro atoms. The number of aryl methyl sites for hydroxylation is 1. The zero-order chi connectivity index (χ0) is 9.42. The van der Waals surface area contributed by atoms with E-state index in [1.807, 2.05) is 11.8 Å². The van der Waals surface area contributed by atoms with Gasteiger partial charge < -0.3 is 9.32 Å². The second kappa shape index (κ2) is 2.91. The lowest BCUT2D eigenvalue weighted by atomic mass is 10.0. The van der Waals surface area contributed by atoms with E-state index < -0.39 is 0 Å². The predicted molar refractivity (Wildman–Crippen MR) is 48.6 cm³/mol. The molecular weight excluding hydrogens is 166 g/mol. The molecule has 1 amide bonds. The van der Waals surface area contributed by atoms with Gasteiger partial charge in [0, 0.05) is 12.6 Å². The first-order valence-electron chi connectivity index (χ1n) is 4.55. The van der Waals surface area contributed by atoms with Gasteiger partial charge in [0.1, 0.15) is 5.76 Å². The van der Waals surface area contributed by atoms with Crippen LogP contribution < -0.4 is 0 Å². The summed E-state index contributed by atoms with van der Waals surface area (Å²) < 4.78 is 5.09. The molecule has 1 fully saturated rings. The minimum atomic E-state index is 0.102. The summed E-state index contributed by atoms with van der Waals surface area (Å²) in [6, 6.07) is 2.13. The second-order valence-corrected chi connectivity index (χ2v) is 3.53. The smallest absolute Gasteiger partial charge is 0.257 e. The van der Waals surface area contributed by atoms with Gasteiger partial charge >= 0.3 is 0 Å². The standard InChI is InChI=1S/C10H13NO2/c1-7-3-5-11(7)10(12)9-4-6-13-8(9)2/h4,6-7H,3,5H2,1-2H3. The number of amides is 1. The molecule has 1 aliphatic heterocycles. The van der Waals surface area contributed by atoms with Crippen LogP contribution >= 0.6 is 0 Å². The highest BCUT2D eigenvalue weighted by molar-refractivity contribution is 5.95. The van der Waals surface area contributed by atoms with Gasteiger partial charge in [0.25, 0.3) is 5.91 Å². The van der Waals surface area contributed by atoms with E-state index in [2.05, 4.69) is 6.92 Å². The van der Waals surface area contributed by atoms with Crippen LogP contribution in [0.4, 0.5) is 0 Å². The molecule has 0 N–H and O–H groups in total. The van der Waals surface area contributed by atoms with Gasteiger partial charge in [0.2, 0.25) is 0 Å². The second-order valence-electron chi connectivity index (χ2n) is 3.53. The van der Waals surface area contributed by atoms with Gasteiger partial charge in [-0.2, -0.15) is 0 Å². The summed E-state index contributed by atoms with van der Waals surface area (Å²) >= 11 is 0. The van der Waals surface area contributed by atoms with Gasteiger partial charge in [0.05, 0.1) is 11.8 Å². The third kappa shape index (κ3) is 1.24. The average molecular weight is 179 g/mol. The summed E-state index contributed by atoms with van der Waals surface area (Å²) in [5.74, 6) is 0.814. The van der Waals surface area contributed by atoms with E-state index in [0.29, 0.717) is 17.4 Å². The topological polar surface area (TPSA) is 33.5 Å². The van der Waals surface area contributed by atoms with Gasteiger partial charge in [-0.25, -0.2) is 0 Å². The molecule has 70 valence electrons. The third-order valence-electron chi connectivity index (χ3n) is 2.67. The van der Waals surface area contributed by atoms with Crippen LogP contribution in [0, 0.1) is 6.92 Å². The van der Waals surface area contributed by atoms with Crippen LogP contribution in [0.3, 0.4) is 0 Å². The lowest BCUT2D eigenvalue weighted by molar-refractivity contribution is 0.0500. The maximum atomic E-state index is 11.8. The van der Waals surface area contributed by atoms with Crippen molar-refractivity contribution in [1.29, 1.82) is 0 Å². The van der Waals surface area contributed by atoms with E-state index in [0.717, 1.165) is 13.0 Å². The summed E-state index contributed by atoms with van der Waals surface area (Å²) in [5.41, 5.74) is 0.701. The van der Waals surface area contributed by atoms with Crippen molar-refractivity contribution in [3.05, 3.63) is 23.7 Å². The predicted octanol–water partition coefficient (Wildman–Crippen LogP) is 1.82. The molecule has 1 atom stereocenters. The van der Waals surface area contributed by atoms with Gasteiger partial charge in [-0.15, -0.1) is 0 Å². The molecule has 0 aliphatic carbocycles. The van der Waals surface area contributed by atoms with Gasteiger partial charge in [0.15, 0.2) is 0 Å². The highest BCUT2D eigenvalue weighted by Crippen LogP contribution is 2.21. The molecule has 2 rings (SSSR count). The first kappa shape index (κ1) is 8.35. The Balaban J connectivity index is 2.18. The number of hydrogen-bond acceptors (Lipinski definition) is 2. The molecule has 1 aliphatic rings. The molecule has 0 saturated carbocycles. The van der Waals surface area contributed by atoms with Crippen LogP contribution in [-0.4, -0.2) is 23.4 Å². The van der Waals surface area contributed by atoms with E-state index in [9.17, 15) is 4.79 Å². The van der Waals surface area contributed by atoms with Crippen molar-refractivity contribution in [2.75, 3.05) is 6.54 Å². The van der Waals surface area contributed by atoms with Crippen molar-refractivity contribution in [2.45, 2.75) is 26.3 Å². The quantitative estimate of drug-likeness (QED) is 0.659. The fourth-order valence-electron chi connectivity index (χ4n) is 1.58. The molecule has 13 heavy (non-hydrogen) atoms. The highest BCUT2D eigenvalue weighted by atomic mass is 16.3. The van der Waals surface area contributed by atoms with E-state index in [4.69, 9.17) is 4.42 Å². The zero-order valence-electron chi connectivity index (χ0n) is 7.91. The number of likely N-dealkylation sites (tertiary alicyclic amines) is 1. The van der Waals surface area contributed by atoms with Crippen molar-refractivity contribution < 1.29 is 9.21 Å². The Morgan fingerprint density at radius 3 is 2.85 bits per heavy atom. The van der Waals surface area contributed by atoms with Crippen LogP contribution in [0.2, 0.25) is 0 Å². The molecular formula is C10H13NO2. The number of rotatable bonds is 1. The first-order chi connectivity index (χ1) is 6.20. The molecule has 1 aromatic heterocycles. The van der Waals surface area contributed by atoms with Crippen LogP contribution in [-0.2, 0) is 0 Å². The first-order valence-corrected chi connectivity index (χ1v) is 4.55. The van der Waals surface area contributed by atoms with Gasteiger partial charge in [-0.3, -0.25) is 4.79 Å². The number of nitrogens with zero attached hydrogens (tertiary/aromatic N) is 1. The van der Waals surface area contributed by atoms with Crippen molar-refractivity contribution in [1.82, 2.24) is 4.90 Å². The summed E-state index contributed by atoms with van der Waals surface area (Å²) in [4.78, 5) is 13.7.